The summed E-state index contributed by atoms with van der Waals surface area (Å²) in [5.74, 6) is 0.145. The van der Waals surface area contributed by atoms with Crippen molar-refractivity contribution >= 4 is 5.82 Å². The Balaban J connectivity index is 2.59. The van der Waals surface area contributed by atoms with Crippen molar-refractivity contribution in [3.63, 3.8) is 0 Å². The molecule has 0 atom stereocenters. The van der Waals surface area contributed by atoms with Gasteiger partial charge in [-0.1, -0.05) is 6.07 Å². The summed E-state index contributed by atoms with van der Waals surface area (Å²) in [7, 11) is 0. The number of halogens is 1. The minimum atomic E-state index is -0.262. The van der Waals surface area contributed by atoms with E-state index >= 15 is 0 Å². The molecule has 0 amide bonds. The zero-order chi connectivity index (χ0) is 11.0. The topological polar surface area (TPSA) is 54.7 Å². The van der Waals surface area contributed by atoms with E-state index in [-0.39, 0.29) is 5.82 Å². The van der Waals surface area contributed by atoms with Gasteiger partial charge in [0.15, 0.2) is 0 Å². The van der Waals surface area contributed by atoms with Gasteiger partial charge in [0.2, 0.25) is 0 Å². The Bertz CT molecular complexity index is 503. The fourth-order valence-electron chi connectivity index (χ4n) is 1.50. The van der Waals surface area contributed by atoms with Gasteiger partial charge in [-0.2, -0.15) is 5.10 Å². The molecule has 4 heteroatoms. The molecule has 0 radical (unpaired) electrons. The van der Waals surface area contributed by atoms with Gasteiger partial charge >= 0.3 is 0 Å². The number of nitrogens with one attached hydrogen (secondary N) is 1. The van der Waals surface area contributed by atoms with Crippen molar-refractivity contribution in [2.75, 3.05) is 5.73 Å². The Kier molecular flexibility index (Phi) is 2.19. The van der Waals surface area contributed by atoms with Crippen LogP contribution < -0.4 is 5.73 Å². The van der Waals surface area contributed by atoms with Gasteiger partial charge in [0.05, 0.1) is 5.69 Å². The van der Waals surface area contributed by atoms with Gasteiger partial charge in [-0.25, -0.2) is 4.39 Å². The van der Waals surface area contributed by atoms with Crippen molar-refractivity contribution in [3.8, 4) is 11.3 Å². The molecule has 0 aliphatic carbocycles. The van der Waals surface area contributed by atoms with Crippen molar-refractivity contribution in [1.82, 2.24) is 10.2 Å². The van der Waals surface area contributed by atoms with Crippen LogP contribution in [0.15, 0.2) is 18.2 Å². The van der Waals surface area contributed by atoms with Crippen molar-refractivity contribution in [1.29, 1.82) is 0 Å². The molecule has 15 heavy (non-hydrogen) atoms. The molecule has 2 rings (SSSR count). The molecule has 1 heterocycles. The van der Waals surface area contributed by atoms with Gasteiger partial charge in [-0.3, -0.25) is 5.10 Å². The third-order valence-corrected chi connectivity index (χ3v) is 2.44. The van der Waals surface area contributed by atoms with Crippen LogP contribution >= 0.6 is 0 Å². The third-order valence-electron chi connectivity index (χ3n) is 2.44. The number of H-pyrrole nitrogens is 1. The number of anilines is 1. The van der Waals surface area contributed by atoms with Crippen LogP contribution in [0, 0.1) is 19.7 Å². The zero-order valence-electron chi connectivity index (χ0n) is 8.63. The second-order valence-corrected chi connectivity index (χ2v) is 3.59. The standard InChI is InChI=1S/C11H12FN3/c1-6-3-4-8(9(12)5-6)10-7(2)11(13)15-14-10/h3-5H,1-2H3,(H3,13,14,15). The molecule has 2 aromatic rings. The predicted octanol–water partition coefficient (Wildman–Crippen LogP) is 2.41. The van der Waals surface area contributed by atoms with Crippen LogP contribution in [0.1, 0.15) is 11.1 Å². The maximum Gasteiger partial charge on any atom is 0.148 e. The summed E-state index contributed by atoms with van der Waals surface area (Å²) in [4.78, 5) is 0. The number of nitrogens with zero attached hydrogens (tertiary/aromatic N) is 1. The lowest BCUT2D eigenvalue weighted by Gasteiger charge is -2.02. The van der Waals surface area contributed by atoms with Gasteiger partial charge < -0.3 is 5.73 Å². The van der Waals surface area contributed by atoms with Crippen LogP contribution in [0.3, 0.4) is 0 Å². The third kappa shape index (κ3) is 1.58. The summed E-state index contributed by atoms with van der Waals surface area (Å²) < 4.78 is 13.6. The minimum Gasteiger partial charge on any atom is -0.382 e. The molecular weight excluding hydrogens is 193 g/mol. The van der Waals surface area contributed by atoms with Gasteiger partial charge in [-0.05, 0) is 31.5 Å². The molecule has 0 saturated heterocycles. The van der Waals surface area contributed by atoms with Crippen LogP contribution in [0.2, 0.25) is 0 Å². The predicted molar refractivity (Wildman–Crippen MR) is 57.9 cm³/mol. The van der Waals surface area contributed by atoms with Crippen molar-refractivity contribution in [2.45, 2.75) is 13.8 Å². The molecule has 0 unspecified atom stereocenters. The summed E-state index contributed by atoms with van der Waals surface area (Å²) in [6, 6.07) is 5.07. The highest BCUT2D eigenvalue weighted by Gasteiger charge is 2.12. The molecular formula is C11H12FN3. The van der Waals surface area contributed by atoms with Crippen LogP contribution in [-0.4, -0.2) is 10.2 Å². The Morgan fingerprint density at radius 3 is 2.60 bits per heavy atom. The van der Waals surface area contributed by atoms with E-state index in [1.165, 1.54) is 6.07 Å². The van der Waals surface area contributed by atoms with E-state index in [1.54, 1.807) is 6.07 Å². The Morgan fingerprint density at radius 1 is 1.33 bits per heavy atom. The van der Waals surface area contributed by atoms with Crippen LogP contribution in [0.5, 0.6) is 0 Å². The first kappa shape index (κ1) is 9.71. The van der Waals surface area contributed by atoms with Crippen LogP contribution in [-0.2, 0) is 0 Å². The Hall–Kier alpha value is -1.84. The number of aryl methyl sites for hydroxylation is 1. The van der Waals surface area contributed by atoms with E-state index in [0.717, 1.165) is 11.1 Å². The Morgan fingerprint density at radius 2 is 2.07 bits per heavy atom. The number of rotatable bonds is 1. The van der Waals surface area contributed by atoms with Gasteiger partial charge in [0.25, 0.3) is 0 Å². The first-order valence-electron chi connectivity index (χ1n) is 4.66. The first-order valence-corrected chi connectivity index (χ1v) is 4.66. The average Bonchev–Trinajstić information content (AvgIpc) is 2.49. The highest BCUT2D eigenvalue weighted by atomic mass is 19.1. The van der Waals surface area contributed by atoms with Gasteiger partial charge in [0, 0.05) is 11.1 Å². The highest BCUT2D eigenvalue weighted by Crippen LogP contribution is 2.26. The van der Waals surface area contributed by atoms with Crippen molar-refractivity contribution in [2.24, 2.45) is 0 Å². The smallest absolute Gasteiger partial charge is 0.148 e. The number of nitrogens with two attached hydrogens (primary N) is 1. The van der Waals surface area contributed by atoms with Crippen molar-refractivity contribution in [3.05, 3.63) is 35.1 Å². The largest absolute Gasteiger partial charge is 0.382 e. The second kappa shape index (κ2) is 3.38. The van der Waals surface area contributed by atoms with E-state index < -0.39 is 0 Å². The van der Waals surface area contributed by atoms with Gasteiger partial charge in [-0.15, -0.1) is 0 Å². The number of hydrogen-bond donors (Lipinski definition) is 2. The number of benzene rings is 1. The number of aromatic nitrogens is 2. The fourth-order valence-corrected chi connectivity index (χ4v) is 1.50. The summed E-state index contributed by atoms with van der Waals surface area (Å²) in [6.07, 6.45) is 0. The highest BCUT2D eigenvalue weighted by molar-refractivity contribution is 5.68. The number of hydrogen-bond acceptors (Lipinski definition) is 2. The molecule has 78 valence electrons. The lowest BCUT2D eigenvalue weighted by atomic mass is 10.1. The molecule has 0 aliphatic heterocycles. The van der Waals surface area contributed by atoms with E-state index in [9.17, 15) is 4.39 Å². The van der Waals surface area contributed by atoms with Crippen LogP contribution in [0.4, 0.5) is 10.2 Å². The summed E-state index contributed by atoms with van der Waals surface area (Å²) in [5, 5.41) is 6.58. The minimum absolute atomic E-state index is 0.262. The molecule has 1 aromatic heterocycles. The summed E-state index contributed by atoms with van der Waals surface area (Å²) in [6.45, 7) is 3.66. The second-order valence-electron chi connectivity index (χ2n) is 3.59. The van der Waals surface area contributed by atoms with Gasteiger partial charge in [0.1, 0.15) is 11.6 Å². The number of nitrogen functional groups attached to an aromatic ring is 1. The lowest BCUT2D eigenvalue weighted by Crippen LogP contribution is -1.89. The SMILES string of the molecule is Cc1ccc(-c2[nH]nc(N)c2C)c(F)c1. The molecule has 0 spiro atoms. The van der Waals surface area contributed by atoms with E-state index in [2.05, 4.69) is 10.2 Å². The number of aromatic amines is 1. The fraction of sp³-hybridized carbons (Fsp3) is 0.182. The van der Waals surface area contributed by atoms with E-state index in [0.29, 0.717) is 17.1 Å². The molecule has 0 bridgehead atoms. The molecule has 0 aliphatic rings. The molecule has 1 aromatic carbocycles. The monoisotopic (exact) mass is 205 g/mol. The maximum absolute atomic E-state index is 13.6. The molecule has 3 N–H and O–H groups in total. The van der Waals surface area contributed by atoms with Crippen LogP contribution in [0.25, 0.3) is 11.3 Å². The summed E-state index contributed by atoms with van der Waals surface area (Å²) >= 11 is 0. The quantitative estimate of drug-likeness (QED) is 0.751. The molecule has 0 fully saturated rings. The Labute approximate surface area is 87.1 Å². The van der Waals surface area contributed by atoms with E-state index in [4.69, 9.17) is 5.73 Å². The molecule has 3 nitrogen and oxygen atoms in total. The maximum atomic E-state index is 13.6. The van der Waals surface area contributed by atoms with Crippen molar-refractivity contribution < 1.29 is 4.39 Å². The normalized spacial score (nSPS) is 10.6. The lowest BCUT2D eigenvalue weighted by molar-refractivity contribution is 0.629. The summed E-state index contributed by atoms with van der Waals surface area (Å²) in [5.41, 5.74) is 8.40. The average molecular weight is 205 g/mol. The van der Waals surface area contributed by atoms with E-state index in [1.807, 2.05) is 19.9 Å². The first-order chi connectivity index (χ1) is 7.09. The molecule has 0 saturated carbocycles. The zero-order valence-corrected chi connectivity index (χ0v) is 8.63.